The molecule has 0 bridgehead atoms. The van der Waals surface area contributed by atoms with Gasteiger partial charge in [0.05, 0.1) is 18.2 Å². The molecule has 4 aromatic rings. The molecule has 9 nitrogen and oxygen atoms in total. The maximum atomic E-state index is 13.1. The van der Waals surface area contributed by atoms with Crippen molar-refractivity contribution in [2.24, 2.45) is 5.92 Å². The highest BCUT2D eigenvalue weighted by Crippen LogP contribution is 2.24. The van der Waals surface area contributed by atoms with Crippen LogP contribution in [0.5, 0.6) is 0 Å². The summed E-state index contributed by atoms with van der Waals surface area (Å²) in [7, 11) is 1.54. The number of hydrogen-bond donors (Lipinski definition) is 2. The Kier molecular flexibility index (Phi) is 5.85. The number of nitrogens with one attached hydrogen (secondary N) is 1. The van der Waals surface area contributed by atoms with E-state index in [0.717, 1.165) is 16.8 Å². The first-order chi connectivity index (χ1) is 16.5. The third kappa shape index (κ3) is 4.06. The fourth-order valence-corrected chi connectivity index (χ4v) is 4.53. The van der Waals surface area contributed by atoms with Crippen molar-refractivity contribution in [3.05, 3.63) is 77.5 Å². The molecule has 2 amide bonds. The minimum absolute atomic E-state index is 0.0634. The van der Waals surface area contributed by atoms with Crippen LogP contribution in [0.3, 0.4) is 0 Å². The number of fused-ring (bicyclic) bond motifs is 1. The van der Waals surface area contributed by atoms with E-state index in [9.17, 15) is 14.7 Å². The van der Waals surface area contributed by atoms with Gasteiger partial charge in [-0.3, -0.25) is 14.3 Å². The molecule has 2 unspecified atom stereocenters. The van der Waals surface area contributed by atoms with Gasteiger partial charge in [-0.05, 0) is 42.0 Å². The number of urea groups is 1. The molecular weight excluding hydrogens is 432 g/mol. The first-order valence-corrected chi connectivity index (χ1v) is 11.3. The Morgan fingerprint density at radius 1 is 1.12 bits per heavy atom. The number of nitrogens with zero attached hydrogens (tertiary/aromatic N) is 5. The van der Waals surface area contributed by atoms with Crippen molar-refractivity contribution < 1.29 is 9.90 Å². The summed E-state index contributed by atoms with van der Waals surface area (Å²) in [6.45, 7) is 0.865. The van der Waals surface area contributed by atoms with Gasteiger partial charge in [0.1, 0.15) is 11.6 Å². The second kappa shape index (κ2) is 9.11. The molecule has 2 aromatic heterocycles. The fraction of sp³-hybridized carbons (Fsp3) is 0.280. The highest BCUT2D eigenvalue weighted by Gasteiger charge is 2.30. The van der Waals surface area contributed by atoms with Crippen molar-refractivity contribution in [2.75, 3.05) is 13.6 Å². The van der Waals surface area contributed by atoms with E-state index >= 15 is 0 Å². The van der Waals surface area contributed by atoms with Gasteiger partial charge in [-0.1, -0.05) is 42.5 Å². The number of hydrogen-bond acceptors (Lipinski definition) is 5. The number of carbonyl (C=O) groups is 1. The van der Waals surface area contributed by atoms with Crippen LogP contribution in [0, 0.1) is 5.92 Å². The predicted octanol–water partition coefficient (Wildman–Crippen LogP) is 2.62. The second-order valence-corrected chi connectivity index (χ2v) is 8.53. The Bertz CT molecular complexity index is 1360. The van der Waals surface area contributed by atoms with Gasteiger partial charge in [0.2, 0.25) is 0 Å². The summed E-state index contributed by atoms with van der Waals surface area (Å²) < 4.78 is 3.24. The lowest BCUT2D eigenvalue weighted by Crippen LogP contribution is -2.50. The highest BCUT2D eigenvalue weighted by molar-refractivity contribution is 5.75. The molecule has 1 saturated heterocycles. The van der Waals surface area contributed by atoms with E-state index in [1.54, 1.807) is 28.8 Å². The zero-order valence-corrected chi connectivity index (χ0v) is 18.8. The average Bonchev–Trinajstić information content (AvgIpc) is 3.31. The molecule has 9 heteroatoms. The second-order valence-electron chi connectivity index (χ2n) is 8.53. The van der Waals surface area contributed by atoms with Gasteiger partial charge in [-0.15, -0.1) is 0 Å². The number of aromatic nitrogens is 4. The Labute approximate surface area is 196 Å². The van der Waals surface area contributed by atoms with E-state index in [1.165, 1.54) is 4.90 Å². The number of benzene rings is 2. The number of likely N-dealkylation sites (tertiary alicyclic amines) is 1. The van der Waals surface area contributed by atoms with Crippen LogP contribution in [-0.2, 0) is 6.54 Å². The lowest BCUT2D eigenvalue weighted by Gasteiger charge is -2.36. The molecule has 2 atom stereocenters. The smallest absolute Gasteiger partial charge is 0.319 e. The quantitative estimate of drug-likeness (QED) is 0.489. The lowest BCUT2D eigenvalue weighted by atomic mass is 9.95. The standard InChI is InChI=1S/C25H26N6O3/c1-26-25(34)30-12-11-17(13-22(30)32)15-29-16-27-23-21(24(29)33)14-28-31(23)20-9-7-19(8-10-20)18-5-3-2-4-6-18/h2-10,14,16-17,22,32H,11-13,15H2,1H3,(H,26,34). The Balaban J connectivity index is 1.36. The summed E-state index contributed by atoms with van der Waals surface area (Å²) in [5.74, 6) is 0.0634. The van der Waals surface area contributed by atoms with E-state index in [0.29, 0.717) is 37.0 Å². The van der Waals surface area contributed by atoms with Gasteiger partial charge in [0.25, 0.3) is 5.56 Å². The minimum atomic E-state index is -0.868. The Hall–Kier alpha value is -3.98. The molecule has 1 fully saturated rings. The van der Waals surface area contributed by atoms with Crippen molar-refractivity contribution in [2.45, 2.75) is 25.6 Å². The Morgan fingerprint density at radius 2 is 1.85 bits per heavy atom. The SMILES string of the molecule is CNC(=O)N1CCC(Cn2cnc3c(cnn3-c3ccc(-c4ccccc4)cc3)c2=O)CC1O. The maximum Gasteiger partial charge on any atom is 0.319 e. The lowest BCUT2D eigenvalue weighted by molar-refractivity contribution is -0.0175. The molecule has 1 aliphatic rings. The molecule has 2 N–H and O–H groups in total. The van der Waals surface area contributed by atoms with Crippen LogP contribution >= 0.6 is 0 Å². The molecule has 0 aliphatic carbocycles. The molecule has 5 rings (SSSR count). The average molecular weight is 459 g/mol. The molecule has 2 aromatic carbocycles. The van der Waals surface area contributed by atoms with Crippen molar-refractivity contribution in [1.82, 2.24) is 29.5 Å². The molecule has 174 valence electrons. The van der Waals surface area contributed by atoms with E-state index in [2.05, 4.69) is 27.5 Å². The summed E-state index contributed by atoms with van der Waals surface area (Å²) in [6, 6.07) is 17.8. The zero-order valence-electron chi connectivity index (χ0n) is 18.8. The first-order valence-electron chi connectivity index (χ1n) is 11.3. The summed E-state index contributed by atoms with van der Waals surface area (Å²) in [5.41, 5.74) is 3.39. The molecule has 0 spiro atoms. The summed E-state index contributed by atoms with van der Waals surface area (Å²) in [6.07, 6.45) is 3.33. The summed E-state index contributed by atoms with van der Waals surface area (Å²) >= 11 is 0. The number of aliphatic hydroxyl groups is 1. The monoisotopic (exact) mass is 458 g/mol. The molecule has 0 radical (unpaired) electrons. The van der Waals surface area contributed by atoms with Crippen molar-refractivity contribution in [1.29, 1.82) is 0 Å². The van der Waals surface area contributed by atoms with Gasteiger partial charge in [-0.25, -0.2) is 14.5 Å². The molecule has 1 aliphatic heterocycles. The van der Waals surface area contributed by atoms with Crippen molar-refractivity contribution in [3.8, 4) is 16.8 Å². The van der Waals surface area contributed by atoms with Crippen LogP contribution in [-0.4, -0.2) is 55.2 Å². The number of aliphatic hydroxyl groups excluding tert-OH is 1. The molecular formula is C25H26N6O3. The number of amides is 2. The maximum absolute atomic E-state index is 13.1. The van der Waals surface area contributed by atoms with Gasteiger partial charge in [0, 0.05) is 20.1 Å². The predicted molar refractivity (Wildman–Crippen MR) is 128 cm³/mol. The van der Waals surface area contributed by atoms with E-state index in [1.807, 2.05) is 42.5 Å². The van der Waals surface area contributed by atoms with Crippen LogP contribution in [0.4, 0.5) is 4.79 Å². The van der Waals surface area contributed by atoms with Crippen LogP contribution < -0.4 is 10.9 Å². The van der Waals surface area contributed by atoms with Crippen molar-refractivity contribution >= 4 is 17.1 Å². The van der Waals surface area contributed by atoms with Crippen LogP contribution in [0.2, 0.25) is 0 Å². The summed E-state index contributed by atoms with van der Waals surface area (Å²) in [5, 5.41) is 17.7. The number of carbonyl (C=O) groups excluding carboxylic acids is 1. The number of piperidine rings is 1. The summed E-state index contributed by atoms with van der Waals surface area (Å²) in [4.78, 5) is 30.9. The fourth-order valence-electron chi connectivity index (χ4n) is 4.53. The third-order valence-corrected chi connectivity index (χ3v) is 6.39. The topological polar surface area (TPSA) is 105 Å². The third-order valence-electron chi connectivity index (χ3n) is 6.39. The molecule has 0 saturated carbocycles. The van der Waals surface area contributed by atoms with E-state index < -0.39 is 6.23 Å². The van der Waals surface area contributed by atoms with Gasteiger partial charge < -0.3 is 10.4 Å². The zero-order chi connectivity index (χ0) is 23.7. The van der Waals surface area contributed by atoms with Crippen molar-refractivity contribution in [3.63, 3.8) is 0 Å². The number of rotatable bonds is 4. The van der Waals surface area contributed by atoms with E-state index in [-0.39, 0.29) is 17.5 Å². The van der Waals surface area contributed by atoms with Gasteiger partial charge in [0.15, 0.2) is 5.65 Å². The minimum Gasteiger partial charge on any atom is -0.373 e. The molecule has 3 heterocycles. The van der Waals surface area contributed by atoms with Crippen LogP contribution in [0.25, 0.3) is 27.8 Å². The van der Waals surface area contributed by atoms with Crippen LogP contribution in [0.1, 0.15) is 12.8 Å². The van der Waals surface area contributed by atoms with E-state index in [4.69, 9.17) is 0 Å². The Morgan fingerprint density at radius 3 is 2.56 bits per heavy atom. The van der Waals surface area contributed by atoms with Gasteiger partial charge >= 0.3 is 6.03 Å². The molecule has 34 heavy (non-hydrogen) atoms. The first kappa shape index (κ1) is 21.8. The van der Waals surface area contributed by atoms with Crippen LogP contribution in [0.15, 0.2) is 71.9 Å². The normalized spacial score (nSPS) is 18.2. The highest BCUT2D eigenvalue weighted by atomic mass is 16.3. The van der Waals surface area contributed by atoms with Gasteiger partial charge in [-0.2, -0.15) is 5.10 Å². The largest absolute Gasteiger partial charge is 0.373 e.